The van der Waals surface area contributed by atoms with Crippen LogP contribution < -0.4 is 0 Å². The zero-order valence-corrected chi connectivity index (χ0v) is 22.2. The van der Waals surface area contributed by atoms with Crippen LogP contribution in [0.4, 0.5) is 0 Å². The Morgan fingerprint density at radius 1 is 0.561 bits per heavy atom. The molecule has 8 heterocycles. The minimum Gasteiger partial charge on any atom is -0.360 e. The normalized spacial score (nSPS) is 11.4. The first kappa shape index (κ1) is 23.3. The van der Waals surface area contributed by atoms with Crippen molar-refractivity contribution in [3.63, 3.8) is 0 Å². The van der Waals surface area contributed by atoms with Gasteiger partial charge in [-0.05, 0) is 60.7 Å². The first-order valence-electron chi connectivity index (χ1n) is 12.9. The van der Waals surface area contributed by atoms with Gasteiger partial charge in [-0.2, -0.15) is 0 Å². The number of fused-ring (bicyclic) bond motifs is 2. The highest BCUT2D eigenvalue weighted by Gasteiger charge is 2.29. The molecule has 0 fully saturated rings. The first-order valence-corrected chi connectivity index (χ1v) is 13.7. The molecule has 0 spiro atoms. The molecule has 2 N–H and O–H groups in total. The van der Waals surface area contributed by atoms with Crippen LogP contribution in [0.25, 0.3) is 77.5 Å². The van der Waals surface area contributed by atoms with Crippen LogP contribution >= 0.6 is 11.3 Å². The number of pyridine rings is 5. The molecule has 0 unspecified atom stereocenters. The zero-order valence-electron chi connectivity index (χ0n) is 21.4. The number of aromatic nitrogens is 9. The van der Waals surface area contributed by atoms with Gasteiger partial charge in [0.15, 0.2) is 11.3 Å². The van der Waals surface area contributed by atoms with Crippen LogP contribution in [0.1, 0.15) is 0 Å². The molecule has 41 heavy (non-hydrogen) atoms. The zero-order chi connectivity index (χ0) is 27.2. The molecule has 0 aromatic carbocycles. The summed E-state index contributed by atoms with van der Waals surface area (Å²) in [6.07, 6.45) is 8.93. The van der Waals surface area contributed by atoms with Gasteiger partial charge in [-0.25, -0.2) is 24.9 Å². The van der Waals surface area contributed by atoms with Crippen molar-refractivity contribution in [3.8, 4) is 56.0 Å². The molecule has 8 aromatic rings. The molecule has 0 aliphatic rings. The smallest absolute Gasteiger partial charge is 0.178 e. The van der Waals surface area contributed by atoms with Crippen molar-refractivity contribution in [1.29, 1.82) is 0 Å². The number of imidazole rings is 1. The molecule has 194 valence electrons. The van der Waals surface area contributed by atoms with Gasteiger partial charge in [-0.15, -0.1) is 11.3 Å². The van der Waals surface area contributed by atoms with E-state index in [0.29, 0.717) is 28.5 Å². The highest BCUT2D eigenvalue weighted by molar-refractivity contribution is 7.21. The van der Waals surface area contributed by atoms with E-state index < -0.39 is 0 Å². The maximum absolute atomic E-state index is 5.30. The SMILES string of the molecule is c1ccc(-c2nc(-c3ccc[nH]3)c(-c3nc4ncccc4[nH]3)c(-c3nc4ncccc4s3)c2-c2ccccn2)nc1. The number of nitrogens with one attached hydrogen (secondary N) is 2. The summed E-state index contributed by atoms with van der Waals surface area (Å²) in [7, 11) is 0. The lowest BCUT2D eigenvalue weighted by Crippen LogP contribution is -2.03. The topological polar surface area (TPSA) is 122 Å². The Kier molecular flexibility index (Phi) is 5.42. The van der Waals surface area contributed by atoms with E-state index >= 15 is 0 Å². The second kappa shape index (κ2) is 9.54. The monoisotopic (exact) mass is 549 g/mol. The Labute approximate surface area is 237 Å². The molecule has 9 nitrogen and oxygen atoms in total. The molecule has 0 amide bonds. The predicted molar refractivity (Wildman–Crippen MR) is 160 cm³/mol. The number of thiazole rings is 1. The molecule has 0 aliphatic carbocycles. The largest absolute Gasteiger partial charge is 0.360 e. The Morgan fingerprint density at radius 2 is 1.34 bits per heavy atom. The fourth-order valence-corrected chi connectivity index (χ4v) is 5.97. The van der Waals surface area contributed by atoms with Gasteiger partial charge in [0.1, 0.15) is 10.8 Å². The van der Waals surface area contributed by atoms with Gasteiger partial charge >= 0.3 is 0 Å². The number of aromatic amines is 2. The molecule has 0 atom stereocenters. The number of rotatable bonds is 5. The van der Waals surface area contributed by atoms with Gasteiger partial charge < -0.3 is 9.97 Å². The van der Waals surface area contributed by atoms with Crippen LogP contribution in [0, 0.1) is 0 Å². The minimum atomic E-state index is 0.616. The highest BCUT2D eigenvalue weighted by atomic mass is 32.1. The third kappa shape index (κ3) is 3.97. The number of nitrogens with zero attached hydrogens (tertiary/aromatic N) is 7. The van der Waals surface area contributed by atoms with Crippen LogP contribution in [0.5, 0.6) is 0 Å². The van der Waals surface area contributed by atoms with E-state index in [9.17, 15) is 0 Å². The fourth-order valence-electron chi connectivity index (χ4n) is 4.99. The summed E-state index contributed by atoms with van der Waals surface area (Å²) in [4.78, 5) is 40.6. The Morgan fingerprint density at radius 3 is 2.07 bits per heavy atom. The average Bonchev–Trinajstić information content (AvgIpc) is 3.80. The maximum atomic E-state index is 5.30. The molecule has 10 heteroatoms. The second-order valence-corrected chi connectivity index (χ2v) is 10.3. The predicted octanol–water partition coefficient (Wildman–Crippen LogP) is 6.81. The highest BCUT2D eigenvalue weighted by Crippen LogP contribution is 2.48. The quantitative estimate of drug-likeness (QED) is 0.242. The van der Waals surface area contributed by atoms with Crippen molar-refractivity contribution in [2.75, 3.05) is 0 Å². The number of hydrogen-bond donors (Lipinski definition) is 2. The van der Waals surface area contributed by atoms with E-state index in [2.05, 4.69) is 19.9 Å². The van der Waals surface area contributed by atoms with Gasteiger partial charge in [-0.1, -0.05) is 12.1 Å². The van der Waals surface area contributed by atoms with Crippen LogP contribution in [-0.4, -0.2) is 44.9 Å². The van der Waals surface area contributed by atoms with Gasteiger partial charge in [0.05, 0.1) is 44.2 Å². The lowest BCUT2D eigenvalue weighted by atomic mass is 9.93. The average molecular weight is 550 g/mol. The Hall–Kier alpha value is -5.61. The number of hydrogen-bond acceptors (Lipinski definition) is 8. The van der Waals surface area contributed by atoms with Crippen molar-refractivity contribution in [2.24, 2.45) is 0 Å². The molecule has 8 aromatic heterocycles. The Bertz CT molecular complexity index is 2090. The second-order valence-electron chi connectivity index (χ2n) is 9.25. The van der Waals surface area contributed by atoms with Crippen molar-refractivity contribution in [2.45, 2.75) is 0 Å². The summed E-state index contributed by atoms with van der Waals surface area (Å²) in [5.74, 6) is 0.628. The van der Waals surface area contributed by atoms with Gasteiger partial charge in [0.25, 0.3) is 0 Å². The summed E-state index contributed by atoms with van der Waals surface area (Å²) < 4.78 is 0.976. The van der Waals surface area contributed by atoms with Gasteiger partial charge in [0.2, 0.25) is 0 Å². The molecule has 8 rings (SSSR count). The lowest BCUT2D eigenvalue weighted by Gasteiger charge is -2.19. The van der Waals surface area contributed by atoms with Crippen molar-refractivity contribution in [1.82, 2.24) is 44.9 Å². The molecular weight excluding hydrogens is 530 g/mol. The number of H-pyrrole nitrogens is 2. The third-order valence-corrected chi connectivity index (χ3v) is 7.78. The van der Waals surface area contributed by atoms with Crippen molar-refractivity contribution in [3.05, 3.63) is 104 Å². The van der Waals surface area contributed by atoms with Gasteiger partial charge in [0, 0.05) is 42.1 Å². The van der Waals surface area contributed by atoms with E-state index in [1.807, 2.05) is 79.0 Å². The summed E-state index contributed by atoms with van der Waals surface area (Å²) >= 11 is 1.57. The van der Waals surface area contributed by atoms with Crippen molar-refractivity contribution < 1.29 is 0 Å². The van der Waals surface area contributed by atoms with E-state index in [0.717, 1.165) is 49.0 Å². The Balaban J connectivity index is 1.59. The summed E-state index contributed by atoms with van der Waals surface area (Å²) in [6.45, 7) is 0. The lowest BCUT2D eigenvalue weighted by molar-refractivity contribution is 1.20. The summed E-state index contributed by atoms with van der Waals surface area (Å²) in [5, 5.41) is 0.773. The van der Waals surface area contributed by atoms with E-state index in [1.54, 1.807) is 36.1 Å². The van der Waals surface area contributed by atoms with Crippen LogP contribution in [0.15, 0.2) is 104 Å². The van der Waals surface area contributed by atoms with Crippen LogP contribution in [0.2, 0.25) is 0 Å². The summed E-state index contributed by atoms with van der Waals surface area (Å²) in [5.41, 5.74) is 8.24. The molecular formula is C31H19N9S. The standard InChI is InChI=1S/C31H19N9S/c1-3-13-32-18(8-1)23-24(31-40-29-22(41-31)12-7-17-36-29)25(30-37-21-11-6-16-35-28(21)39-30)27(20-10-5-15-34-20)38-26(23)19-9-2-4-14-33-19/h1-17,34H,(H,35,37,39). The molecule has 0 aliphatic heterocycles. The van der Waals surface area contributed by atoms with E-state index in [1.165, 1.54) is 0 Å². The van der Waals surface area contributed by atoms with Crippen molar-refractivity contribution >= 4 is 32.8 Å². The summed E-state index contributed by atoms with van der Waals surface area (Å²) in [6, 6.07) is 23.4. The third-order valence-electron chi connectivity index (χ3n) is 6.75. The minimum absolute atomic E-state index is 0.616. The van der Waals surface area contributed by atoms with E-state index in [-0.39, 0.29) is 0 Å². The van der Waals surface area contributed by atoms with E-state index in [4.69, 9.17) is 24.9 Å². The van der Waals surface area contributed by atoms with Crippen LogP contribution in [-0.2, 0) is 0 Å². The molecule has 0 bridgehead atoms. The van der Waals surface area contributed by atoms with Crippen LogP contribution in [0.3, 0.4) is 0 Å². The maximum Gasteiger partial charge on any atom is 0.178 e. The van der Waals surface area contributed by atoms with Gasteiger partial charge in [-0.3, -0.25) is 9.97 Å². The first-order chi connectivity index (χ1) is 20.3. The molecule has 0 saturated carbocycles. The molecule has 0 radical (unpaired) electrons. The molecule has 0 saturated heterocycles. The fraction of sp³-hybridized carbons (Fsp3) is 0.